The average Bonchev–Trinajstić information content (AvgIpc) is 1.88. The van der Waals surface area contributed by atoms with Gasteiger partial charge in [-0.3, -0.25) is 4.79 Å². The van der Waals surface area contributed by atoms with Crippen molar-refractivity contribution in [1.82, 2.24) is 4.90 Å². The first-order chi connectivity index (χ1) is 5.13. The molecule has 3 heteroatoms. The fourth-order valence-electron chi connectivity index (χ4n) is 0.628. The molecule has 0 aromatic heterocycles. The van der Waals surface area contributed by atoms with Crippen LogP contribution in [0.15, 0.2) is 24.8 Å². The molecular weight excluding hydrogens is 158 g/mol. The SMILES string of the molecule is C=CSC(=O)N(C=C)C(C)C. The van der Waals surface area contributed by atoms with E-state index in [1.807, 2.05) is 13.8 Å². The number of hydrogen-bond donors (Lipinski definition) is 0. The van der Waals surface area contributed by atoms with E-state index in [4.69, 9.17) is 0 Å². The minimum Gasteiger partial charge on any atom is -0.308 e. The Labute approximate surface area is 72.0 Å². The number of rotatable bonds is 3. The number of hydrogen-bond acceptors (Lipinski definition) is 2. The third-order valence-corrected chi connectivity index (χ3v) is 1.73. The lowest BCUT2D eigenvalue weighted by Crippen LogP contribution is -2.28. The van der Waals surface area contributed by atoms with Crippen molar-refractivity contribution < 1.29 is 4.79 Å². The van der Waals surface area contributed by atoms with Crippen LogP contribution in [0.5, 0.6) is 0 Å². The van der Waals surface area contributed by atoms with Gasteiger partial charge >= 0.3 is 0 Å². The van der Waals surface area contributed by atoms with Crippen molar-refractivity contribution >= 4 is 17.0 Å². The van der Waals surface area contributed by atoms with Crippen LogP contribution < -0.4 is 0 Å². The summed E-state index contributed by atoms with van der Waals surface area (Å²) in [6.45, 7) is 10.9. The molecule has 2 nitrogen and oxygen atoms in total. The minimum absolute atomic E-state index is 0.0370. The van der Waals surface area contributed by atoms with Crippen LogP contribution in [-0.2, 0) is 0 Å². The summed E-state index contributed by atoms with van der Waals surface area (Å²) in [5.74, 6) is 0. The second-order valence-corrected chi connectivity index (χ2v) is 3.15. The highest BCUT2D eigenvalue weighted by Crippen LogP contribution is 2.12. The smallest absolute Gasteiger partial charge is 0.290 e. The maximum absolute atomic E-state index is 11.2. The third-order valence-electron chi connectivity index (χ3n) is 1.15. The van der Waals surface area contributed by atoms with E-state index in [2.05, 4.69) is 13.2 Å². The maximum atomic E-state index is 11.2. The Morgan fingerprint density at radius 3 is 2.36 bits per heavy atom. The van der Waals surface area contributed by atoms with Crippen LogP contribution in [0.4, 0.5) is 4.79 Å². The van der Waals surface area contributed by atoms with Crippen LogP contribution in [0.25, 0.3) is 0 Å². The summed E-state index contributed by atoms with van der Waals surface area (Å²) >= 11 is 1.07. The normalized spacial score (nSPS) is 9.36. The number of thioether (sulfide) groups is 1. The van der Waals surface area contributed by atoms with E-state index in [0.717, 1.165) is 11.8 Å². The summed E-state index contributed by atoms with van der Waals surface area (Å²) in [5.41, 5.74) is 0. The van der Waals surface area contributed by atoms with Gasteiger partial charge in [0.05, 0.1) is 0 Å². The molecule has 0 aliphatic heterocycles. The van der Waals surface area contributed by atoms with Crippen LogP contribution in [0.3, 0.4) is 0 Å². The second kappa shape index (κ2) is 5.02. The van der Waals surface area contributed by atoms with Crippen molar-refractivity contribution in [1.29, 1.82) is 0 Å². The molecule has 0 saturated carbocycles. The third kappa shape index (κ3) is 3.28. The van der Waals surface area contributed by atoms with Gasteiger partial charge < -0.3 is 4.90 Å². The monoisotopic (exact) mass is 171 g/mol. The molecule has 0 radical (unpaired) electrons. The highest BCUT2D eigenvalue weighted by atomic mass is 32.2. The van der Waals surface area contributed by atoms with Crippen molar-refractivity contribution in [3.63, 3.8) is 0 Å². The summed E-state index contributed by atoms with van der Waals surface area (Å²) in [7, 11) is 0. The Balaban J connectivity index is 4.13. The molecule has 0 aliphatic rings. The van der Waals surface area contributed by atoms with Gasteiger partial charge in [-0.1, -0.05) is 13.2 Å². The zero-order valence-corrected chi connectivity index (χ0v) is 7.73. The summed E-state index contributed by atoms with van der Waals surface area (Å²) < 4.78 is 0. The van der Waals surface area contributed by atoms with Crippen molar-refractivity contribution in [3.8, 4) is 0 Å². The Morgan fingerprint density at radius 2 is 2.09 bits per heavy atom. The van der Waals surface area contributed by atoms with E-state index < -0.39 is 0 Å². The van der Waals surface area contributed by atoms with E-state index in [1.165, 1.54) is 11.6 Å². The molecule has 0 unspecified atom stereocenters. The molecule has 0 atom stereocenters. The molecule has 0 saturated heterocycles. The molecule has 11 heavy (non-hydrogen) atoms. The molecule has 0 N–H and O–H groups in total. The molecule has 0 aromatic rings. The molecule has 0 rings (SSSR count). The number of nitrogens with zero attached hydrogens (tertiary/aromatic N) is 1. The van der Waals surface area contributed by atoms with Crippen molar-refractivity contribution in [2.24, 2.45) is 0 Å². The molecule has 0 heterocycles. The predicted octanol–water partition coefficient (Wildman–Crippen LogP) is 2.84. The topological polar surface area (TPSA) is 20.3 Å². The Bertz CT molecular complexity index is 165. The van der Waals surface area contributed by atoms with Gasteiger partial charge in [-0.05, 0) is 31.0 Å². The molecule has 0 aromatic carbocycles. The Morgan fingerprint density at radius 1 is 1.55 bits per heavy atom. The van der Waals surface area contributed by atoms with Crippen molar-refractivity contribution in [3.05, 3.63) is 24.8 Å². The lowest BCUT2D eigenvalue weighted by atomic mass is 10.4. The van der Waals surface area contributed by atoms with Crippen molar-refractivity contribution in [2.75, 3.05) is 0 Å². The first kappa shape index (κ1) is 10.3. The highest BCUT2D eigenvalue weighted by molar-refractivity contribution is 8.16. The van der Waals surface area contributed by atoms with Gasteiger partial charge in [0, 0.05) is 12.2 Å². The van der Waals surface area contributed by atoms with Crippen LogP contribution >= 0.6 is 11.8 Å². The van der Waals surface area contributed by atoms with Gasteiger partial charge in [-0.25, -0.2) is 0 Å². The molecule has 0 fully saturated rings. The van der Waals surface area contributed by atoms with Crippen LogP contribution in [0.2, 0.25) is 0 Å². The lowest BCUT2D eigenvalue weighted by Gasteiger charge is -2.20. The zero-order chi connectivity index (χ0) is 8.85. The molecule has 0 aliphatic carbocycles. The van der Waals surface area contributed by atoms with Crippen LogP contribution in [0.1, 0.15) is 13.8 Å². The van der Waals surface area contributed by atoms with E-state index >= 15 is 0 Å². The van der Waals surface area contributed by atoms with Crippen LogP contribution in [0, 0.1) is 0 Å². The van der Waals surface area contributed by atoms with E-state index in [1.54, 1.807) is 4.90 Å². The summed E-state index contributed by atoms with van der Waals surface area (Å²) in [6.07, 6.45) is 1.53. The van der Waals surface area contributed by atoms with Gasteiger partial charge in [0.25, 0.3) is 5.24 Å². The van der Waals surface area contributed by atoms with Crippen LogP contribution in [-0.4, -0.2) is 16.2 Å². The van der Waals surface area contributed by atoms with Gasteiger partial charge in [-0.15, -0.1) is 0 Å². The number of carbonyl (C=O) groups is 1. The molecule has 1 amide bonds. The maximum Gasteiger partial charge on any atom is 0.290 e. The second-order valence-electron chi connectivity index (χ2n) is 2.23. The predicted molar refractivity (Wildman–Crippen MR) is 50.4 cm³/mol. The average molecular weight is 171 g/mol. The van der Waals surface area contributed by atoms with Gasteiger partial charge in [0.1, 0.15) is 0 Å². The quantitative estimate of drug-likeness (QED) is 0.650. The fourth-order valence-corrected chi connectivity index (χ4v) is 1.18. The van der Waals surface area contributed by atoms with E-state index in [9.17, 15) is 4.79 Å². The Kier molecular flexibility index (Phi) is 4.70. The summed E-state index contributed by atoms with van der Waals surface area (Å²) in [5, 5.41) is 1.48. The minimum atomic E-state index is -0.0370. The van der Waals surface area contributed by atoms with Crippen molar-refractivity contribution in [2.45, 2.75) is 19.9 Å². The lowest BCUT2D eigenvalue weighted by molar-refractivity contribution is 0.231. The number of amides is 1. The summed E-state index contributed by atoms with van der Waals surface area (Å²) in [6, 6.07) is 0.160. The first-order valence-electron chi connectivity index (χ1n) is 3.36. The molecular formula is C8H13NOS. The zero-order valence-electron chi connectivity index (χ0n) is 6.91. The standard InChI is InChI=1S/C8H13NOS/c1-5-9(7(3)4)8(10)11-6-2/h5-7H,1-2H2,3-4H3. The van der Waals surface area contributed by atoms with E-state index in [0.29, 0.717) is 0 Å². The van der Waals surface area contributed by atoms with Gasteiger partial charge in [0.2, 0.25) is 0 Å². The largest absolute Gasteiger partial charge is 0.308 e. The number of carbonyl (C=O) groups excluding carboxylic acids is 1. The van der Waals surface area contributed by atoms with E-state index in [-0.39, 0.29) is 11.3 Å². The molecule has 62 valence electrons. The first-order valence-corrected chi connectivity index (χ1v) is 4.23. The Hall–Kier alpha value is -0.700. The van der Waals surface area contributed by atoms with Gasteiger partial charge in [-0.2, -0.15) is 0 Å². The van der Waals surface area contributed by atoms with Gasteiger partial charge in [0.15, 0.2) is 0 Å². The fraction of sp³-hybridized carbons (Fsp3) is 0.375. The molecule has 0 spiro atoms. The molecule has 0 bridgehead atoms. The highest BCUT2D eigenvalue weighted by Gasteiger charge is 2.11. The summed E-state index contributed by atoms with van der Waals surface area (Å²) in [4.78, 5) is 12.7.